The van der Waals surface area contributed by atoms with Gasteiger partial charge in [0.1, 0.15) is 5.82 Å². The van der Waals surface area contributed by atoms with Crippen LogP contribution in [0.15, 0.2) is 18.2 Å². The lowest BCUT2D eigenvalue weighted by atomic mass is 9.90. The molecule has 0 atom stereocenters. The van der Waals surface area contributed by atoms with Crippen molar-refractivity contribution in [3.8, 4) is 0 Å². The number of nitrogens with two attached hydrogens (primary N) is 1. The van der Waals surface area contributed by atoms with Crippen molar-refractivity contribution in [2.75, 3.05) is 0 Å². The molecule has 0 radical (unpaired) electrons. The van der Waals surface area contributed by atoms with E-state index in [-0.39, 0.29) is 30.0 Å². The number of nitrogens with zero attached hydrogens (tertiary/aromatic N) is 1. The quantitative estimate of drug-likeness (QED) is 0.642. The molecule has 1 saturated carbocycles. The number of hydrogen-bond acceptors (Lipinski definition) is 4. The zero-order valence-corrected chi connectivity index (χ0v) is 9.14. The van der Waals surface area contributed by atoms with E-state index in [1.165, 1.54) is 0 Å². The first kappa shape index (κ1) is 11.9. The molecule has 2 rings (SSSR count). The fraction of sp³-hybridized carbons (Fsp3) is 0.455. The number of rotatable bonds is 4. The predicted octanol–water partition coefficient (Wildman–Crippen LogP) is 1.74. The van der Waals surface area contributed by atoms with E-state index in [0.29, 0.717) is 0 Å². The summed E-state index contributed by atoms with van der Waals surface area (Å²) in [6, 6.07) is 3.51. The summed E-state index contributed by atoms with van der Waals surface area (Å²) in [7, 11) is 0. The van der Waals surface area contributed by atoms with Gasteiger partial charge in [0.25, 0.3) is 5.69 Å². The lowest BCUT2D eigenvalue weighted by Gasteiger charge is -2.32. The van der Waals surface area contributed by atoms with Crippen LogP contribution in [0.1, 0.15) is 18.4 Å². The lowest BCUT2D eigenvalue weighted by Crippen LogP contribution is -2.41. The molecule has 2 N–H and O–H groups in total. The summed E-state index contributed by atoms with van der Waals surface area (Å²) in [6.45, 7) is 0.0471. The number of halogens is 1. The number of hydrogen-bond donors (Lipinski definition) is 1. The highest BCUT2D eigenvalue weighted by molar-refractivity contribution is 5.39. The highest BCUT2D eigenvalue weighted by atomic mass is 19.1. The fourth-order valence-corrected chi connectivity index (χ4v) is 1.80. The molecule has 1 aliphatic carbocycles. The average Bonchev–Trinajstić information content (AvgIpc) is 2.22. The molecule has 0 heterocycles. The van der Waals surface area contributed by atoms with Crippen LogP contribution in [-0.2, 0) is 11.3 Å². The third kappa shape index (κ3) is 2.78. The van der Waals surface area contributed by atoms with E-state index in [0.717, 1.165) is 31.0 Å². The van der Waals surface area contributed by atoms with Gasteiger partial charge in [0.2, 0.25) is 0 Å². The Balaban J connectivity index is 2.03. The number of nitro benzene ring substituents is 1. The molecular formula is C11H13FN2O3. The number of nitro groups is 1. The van der Waals surface area contributed by atoms with Crippen LogP contribution in [-0.4, -0.2) is 17.1 Å². The van der Waals surface area contributed by atoms with Crippen LogP contribution in [0.4, 0.5) is 10.1 Å². The molecule has 0 aromatic heterocycles. The fourth-order valence-electron chi connectivity index (χ4n) is 1.80. The van der Waals surface area contributed by atoms with E-state index in [1.807, 2.05) is 0 Å². The maximum atomic E-state index is 13.0. The maximum Gasteiger partial charge on any atom is 0.275 e. The van der Waals surface area contributed by atoms with E-state index in [2.05, 4.69) is 0 Å². The molecule has 5 nitrogen and oxygen atoms in total. The zero-order valence-electron chi connectivity index (χ0n) is 9.14. The number of benzene rings is 1. The third-order valence-electron chi connectivity index (χ3n) is 2.84. The molecule has 0 amide bonds. The summed E-state index contributed by atoms with van der Waals surface area (Å²) >= 11 is 0. The van der Waals surface area contributed by atoms with Gasteiger partial charge in [-0.05, 0) is 25.0 Å². The molecule has 0 unspecified atom stereocenters. The second-order valence-corrected chi connectivity index (χ2v) is 4.19. The minimum Gasteiger partial charge on any atom is -0.373 e. The summed E-state index contributed by atoms with van der Waals surface area (Å²) in [4.78, 5) is 10.2. The SMILES string of the molecule is NC1CC(OCc2cc(F)ccc2[N+](=O)[O-])C1. The minimum atomic E-state index is -0.537. The largest absolute Gasteiger partial charge is 0.373 e. The van der Waals surface area contributed by atoms with E-state index in [9.17, 15) is 14.5 Å². The van der Waals surface area contributed by atoms with Crippen molar-refractivity contribution in [3.05, 3.63) is 39.7 Å². The molecule has 0 spiro atoms. The van der Waals surface area contributed by atoms with Crippen LogP contribution in [0.5, 0.6) is 0 Å². The molecule has 1 aliphatic rings. The van der Waals surface area contributed by atoms with Gasteiger partial charge in [0.15, 0.2) is 0 Å². The molecule has 1 aromatic rings. The van der Waals surface area contributed by atoms with Crippen molar-refractivity contribution in [2.45, 2.75) is 31.6 Å². The van der Waals surface area contributed by atoms with Crippen molar-refractivity contribution >= 4 is 5.69 Å². The highest BCUT2D eigenvalue weighted by Gasteiger charge is 2.27. The van der Waals surface area contributed by atoms with Crippen molar-refractivity contribution < 1.29 is 14.1 Å². The van der Waals surface area contributed by atoms with Crippen LogP contribution in [0, 0.1) is 15.9 Å². The van der Waals surface area contributed by atoms with Gasteiger partial charge in [-0.15, -0.1) is 0 Å². The van der Waals surface area contributed by atoms with E-state index in [1.54, 1.807) is 0 Å². The molecule has 92 valence electrons. The molecule has 17 heavy (non-hydrogen) atoms. The highest BCUT2D eigenvalue weighted by Crippen LogP contribution is 2.25. The van der Waals surface area contributed by atoms with Gasteiger partial charge in [0, 0.05) is 12.1 Å². The van der Waals surface area contributed by atoms with Crippen molar-refractivity contribution in [3.63, 3.8) is 0 Å². The Morgan fingerprint density at radius 3 is 2.82 bits per heavy atom. The molecule has 6 heteroatoms. The molecule has 1 aromatic carbocycles. The standard InChI is InChI=1S/C11H13FN2O3/c12-8-1-2-11(14(15)16)7(3-8)6-17-10-4-9(13)5-10/h1-3,9-10H,4-6,13H2. The Bertz CT molecular complexity index is 433. The summed E-state index contributed by atoms with van der Waals surface area (Å²) in [6.07, 6.45) is 1.54. The van der Waals surface area contributed by atoms with Gasteiger partial charge in [-0.2, -0.15) is 0 Å². The summed E-state index contributed by atoms with van der Waals surface area (Å²) in [5.41, 5.74) is 5.74. The van der Waals surface area contributed by atoms with E-state index >= 15 is 0 Å². The van der Waals surface area contributed by atoms with Gasteiger partial charge in [-0.1, -0.05) is 0 Å². The van der Waals surface area contributed by atoms with Gasteiger partial charge < -0.3 is 10.5 Å². The van der Waals surface area contributed by atoms with Gasteiger partial charge in [-0.3, -0.25) is 10.1 Å². The zero-order chi connectivity index (χ0) is 12.4. The van der Waals surface area contributed by atoms with Crippen molar-refractivity contribution in [2.24, 2.45) is 5.73 Å². The van der Waals surface area contributed by atoms with Crippen LogP contribution >= 0.6 is 0 Å². The molecule has 0 aliphatic heterocycles. The molecule has 0 saturated heterocycles. The second-order valence-electron chi connectivity index (χ2n) is 4.19. The molecule has 0 bridgehead atoms. The number of ether oxygens (including phenoxy) is 1. The Morgan fingerprint density at radius 2 is 2.24 bits per heavy atom. The summed E-state index contributed by atoms with van der Waals surface area (Å²) in [5.74, 6) is -0.500. The Hall–Kier alpha value is -1.53. The predicted molar refractivity (Wildman–Crippen MR) is 58.8 cm³/mol. The van der Waals surface area contributed by atoms with E-state index in [4.69, 9.17) is 10.5 Å². The van der Waals surface area contributed by atoms with Crippen LogP contribution in [0.2, 0.25) is 0 Å². The molecular weight excluding hydrogens is 227 g/mol. The van der Waals surface area contributed by atoms with E-state index < -0.39 is 10.7 Å². The monoisotopic (exact) mass is 240 g/mol. The van der Waals surface area contributed by atoms with Crippen LogP contribution in [0.25, 0.3) is 0 Å². The van der Waals surface area contributed by atoms with Gasteiger partial charge >= 0.3 is 0 Å². The van der Waals surface area contributed by atoms with Crippen LogP contribution < -0.4 is 5.73 Å². The maximum absolute atomic E-state index is 13.0. The van der Waals surface area contributed by atoms with Crippen molar-refractivity contribution in [1.82, 2.24) is 0 Å². The average molecular weight is 240 g/mol. The summed E-state index contributed by atoms with van der Waals surface area (Å²) < 4.78 is 18.4. The normalized spacial score (nSPS) is 23.2. The molecule has 1 fully saturated rings. The Labute approximate surface area is 97.5 Å². The first-order valence-corrected chi connectivity index (χ1v) is 5.36. The first-order chi connectivity index (χ1) is 8.06. The van der Waals surface area contributed by atoms with Gasteiger partial charge in [0.05, 0.1) is 23.2 Å². The lowest BCUT2D eigenvalue weighted by molar-refractivity contribution is -0.386. The van der Waals surface area contributed by atoms with Crippen molar-refractivity contribution in [1.29, 1.82) is 0 Å². The third-order valence-corrected chi connectivity index (χ3v) is 2.84. The summed E-state index contributed by atoms with van der Waals surface area (Å²) in [5, 5.41) is 10.7. The Morgan fingerprint density at radius 1 is 1.53 bits per heavy atom. The van der Waals surface area contributed by atoms with Crippen LogP contribution in [0.3, 0.4) is 0 Å². The minimum absolute atomic E-state index is 0.0351. The topological polar surface area (TPSA) is 78.4 Å². The second kappa shape index (κ2) is 4.77. The Kier molecular flexibility index (Phi) is 3.35. The first-order valence-electron chi connectivity index (χ1n) is 5.36. The smallest absolute Gasteiger partial charge is 0.275 e. The van der Waals surface area contributed by atoms with Gasteiger partial charge in [-0.25, -0.2) is 4.39 Å².